The lowest BCUT2D eigenvalue weighted by Crippen LogP contribution is -2.27. The average Bonchev–Trinajstić information content (AvgIpc) is 3.63. The van der Waals surface area contributed by atoms with Crippen molar-refractivity contribution >= 4 is 17.5 Å². The molecule has 1 atom stereocenters. The van der Waals surface area contributed by atoms with Crippen molar-refractivity contribution in [2.75, 3.05) is 18.5 Å². The van der Waals surface area contributed by atoms with E-state index in [9.17, 15) is 14.9 Å². The van der Waals surface area contributed by atoms with E-state index in [0.717, 1.165) is 55.6 Å². The standard InChI is InChI=1S/C27H34N4O5/c1-17-22(27(32)36-16-15-35-19-11-5-6-12-19)23(20-13-7-8-14-21(20)31(33)34)24-25(18-9-3-4-10-18)29-30(2)26(24)28-17/h7-8,13-14,18-19,23,28H,3-6,9-12,15-16H2,1-2H3. The molecule has 1 aliphatic heterocycles. The predicted molar refractivity (Wildman–Crippen MR) is 135 cm³/mol. The van der Waals surface area contributed by atoms with Crippen molar-refractivity contribution in [1.82, 2.24) is 9.78 Å². The number of esters is 1. The zero-order valence-electron chi connectivity index (χ0n) is 21.0. The third-order valence-electron chi connectivity index (χ3n) is 7.78. The molecule has 2 saturated carbocycles. The van der Waals surface area contributed by atoms with Crippen molar-refractivity contribution < 1.29 is 19.2 Å². The molecule has 36 heavy (non-hydrogen) atoms. The van der Waals surface area contributed by atoms with Gasteiger partial charge >= 0.3 is 5.97 Å². The molecule has 0 bridgehead atoms. The first-order valence-electron chi connectivity index (χ1n) is 13.0. The Labute approximate surface area is 211 Å². The largest absolute Gasteiger partial charge is 0.460 e. The number of allylic oxidation sites excluding steroid dienone is 1. The van der Waals surface area contributed by atoms with E-state index in [1.54, 1.807) is 22.9 Å². The summed E-state index contributed by atoms with van der Waals surface area (Å²) in [6.07, 6.45) is 9.00. The van der Waals surface area contributed by atoms with Crippen LogP contribution in [0.2, 0.25) is 0 Å². The fourth-order valence-corrected chi connectivity index (χ4v) is 6.06. The fourth-order valence-electron chi connectivity index (χ4n) is 6.06. The Hall–Kier alpha value is -3.20. The van der Waals surface area contributed by atoms with E-state index in [0.29, 0.717) is 23.4 Å². The van der Waals surface area contributed by atoms with Crippen molar-refractivity contribution in [3.63, 3.8) is 0 Å². The molecule has 9 nitrogen and oxygen atoms in total. The maximum absolute atomic E-state index is 13.5. The molecule has 2 aromatic rings. The second kappa shape index (κ2) is 10.4. The number of nitro benzene ring substituents is 1. The molecular formula is C27H34N4O5. The molecule has 1 N–H and O–H groups in total. The van der Waals surface area contributed by atoms with Crippen molar-refractivity contribution in [1.29, 1.82) is 0 Å². The van der Waals surface area contributed by atoms with Gasteiger partial charge in [-0.3, -0.25) is 14.8 Å². The first kappa shape index (κ1) is 24.5. The highest BCUT2D eigenvalue weighted by Crippen LogP contribution is 2.49. The highest BCUT2D eigenvalue weighted by molar-refractivity contribution is 5.95. The molecule has 0 amide bonds. The number of hydrogen-bond acceptors (Lipinski definition) is 7. The van der Waals surface area contributed by atoms with Gasteiger partial charge in [0.05, 0.1) is 34.8 Å². The number of carbonyl (C=O) groups excluding carboxylic acids is 1. The molecule has 1 aromatic carbocycles. The summed E-state index contributed by atoms with van der Waals surface area (Å²) < 4.78 is 13.4. The molecule has 2 aliphatic carbocycles. The van der Waals surface area contributed by atoms with Gasteiger partial charge in [0.25, 0.3) is 5.69 Å². The number of nitro groups is 1. The van der Waals surface area contributed by atoms with Crippen molar-refractivity contribution in [3.05, 3.63) is 62.5 Å². The zero-order chi connectivity index (χ0) is 25.2. The van der Waals surface area contributed by atoms with Crippen molar-refractivity contribution in [2.24, 2.45) is 7.05 Å². The van der Waals surface area contributed by atoms with Gasteiger partial charge < -0.3 is 14.8 Å². The molecular weight excluding hydrogens is 460 g/mol. The number of aromatic nitrogens is 2. The van der Waals surface area contributed by atoms with Gasteiger partial charge in [-0.05, 0) is 32.6 Å². The minimum atomic E-state index is -0.643. The van der Waals surface area contributed by atoms with Gasteiger partial charge in [0, 0.05) is 35.9 Å². The van der Waals surface area contributed by atoms with Crippen LogP contribution in [0.25, 0.3) is 0 Å². The van der Waals surface area contributed by atoms with Crippen molar-refractivity contribution in [2.45, 2.75) is 76.2 Å². The number of benzene rings is 1. The van der Waals surface area contributed by atoms with Crippen LogP contribution in [0.3, 0.4) is 0 Å². The number of ether oxygens (including phenoxy) is 2. The lowest BCUT2D eigenvalue weighted by atomic mass is 9.79. The van der Waals surface area contributed by atoms with Crippen LogP contribution in [0.5, 0.6) is 0 Å². The summed E-state index contributed by atoms with van der Waals surface area (Å²) in [4.78, 5) is 25.2. The van der Waals surface area contributed by atoms with Crippen LogP contribution >= 0.6 is 0 Å². The molecule has 2 heterocycles. The average molecular weight is 495 g/mol. The van der Waals surface area contributed by atoms with Crippen LogP contribution in [0.1, 0.15) is 86.9 Å². The maximum Gasteiger partial charge on any atom is 0.336 e. The molecule has 1 aromatic heterocycles. The van der Waals surface area contributed by atoms with E-state index in [-0.39, 0.29) is 29.2 Å². The minimum absolute atomic E-state index is 0.0146. The van der Waals surface area contributed by atoms with Crippen LogP contribution in [0, 0.1) is 10.1 Å². The highest BCUT2D eigenvalue weighted by atomic mass is 16.6. The third-order valence-corrected chi connectivity index (χ3v) is 7.78. The van der Waals surface area contributed by atoms with Crippen LogP contribution in [0.15, 0.2) is 35.5 Å². The number of nitrogens with one attached hydrogen (secondary N) is 1. The normalized spacial score (nSPS) is 20.4. The number of anilines is 1. The maximum atomic E-state index is 13.5. The van der Waals surface area contributed by atoms with Gasteiger partial charge in [0.15, 0.2) is 0 Å². The van der Waals surface area contributed by atoms with E-state index < -0.39 is 11.9 Å². The molecule has 2 fully saturated rings. The first-order valence-corrected chi connectivity index (χ1v) is 13.0. The Kier molecular flexibility index (Phi) is 7.09. The quantitative estimate of drug-likeness (QED) is 0.229. The van der Waals surface area contributed by atoms with E-state index in [1.807, 2.05) is 14.0 Å². The third kappa shape index (κ3) is 4.64. The van der Waals surface area contributed by atoms with E-state index in [4.69, 9.17) is 14.6 Å². The van der Waals surface area contributed by atoms with E-state index in [2.05, 4.69) is 5.32 Å². The lowest BCUT2D eigenvalue weighted by Gasteiger charge is -2.29. The predicted octanol–water partition coefficient (Wildman–Crippen LogP) is 5.32. The lowest BCUT2D eigenvalue weighted by molar-refractivity contribution is -0.385. The number of carbonyl (C=O) groups is 1. The van der Waals surface area contributed by atoms with Gasteiger partial charge in [-0.1, -0.05) is 43.9 Å². The number of rotatable bonds is 8. The molecule has 5 rings (SSSR count). The number of para-hydroxylation sites is 1. The Morgan fingerprint density at radius 2 is 1.83 bits per heavy atom. The van der Waals surface area contributed by atoms with E-state index >= 15 is 0 Å². The minimum Gasteiger partial charge on any atom is -0.460 e. The Morgan fingerprint density at radius 3 is 2.56 bits per heavy atom. The number of aryl methyl sites for hydroxylation is 1. The van der Waals surface area contributed by atoms with Crippen LogP contribution in [0.4, 0.5) is 11.5 Å². The molecule has 3 aliphatic rings. The van der Waals surface area contributed by atoms with Gasteiger partial charge in [0.2, 0.25) is 0 Å². The number of hydrogen-bond donors (Lipinski definition) is 1. The molecule has 9 heteroatoms. The first-order chi connectivity index (χ1) is 17.5. The van der Waals surface area contributed by atoms with Crippen LogP contribution < -0.4 is 5.32 Å². The molecule has 1 unspecified atom stereocenters. The summed E-state index contributed by atoms with van der Waals surface area (Å²) in [5, 5.41) is 20.3. The zero-order valence-corrected chi connectivity index (χ0v) is 21.0. The van der Waals surface area contributed by atoms with Crippen LogP contribution in [-0.2, 0) is 21.3 Å². The summed E-state index contributed by atoms with van der Waals surface area (Å²) in [5.74, 6) is -0.0818. The second-order valence-electron chi connectivity index (χ2n) is 10.1. The smallest absolute Gasteiger partial charge is 0.336 e. The monoisotopic (exact) mass is 494 g/mol. The summed E-state index contributed by atoms with van der Waals surface area (Å²) in [6.45, 7) is 2.31. The summed E-state index contributed by atoms with van der Waals surface area (Å²) in [7, 11) is 1.87. The fraction of sp³-hybridized carbons (Fsp3) is 0.556. The molecule has 0 saturated heterocycles. The summed E-state index contributed by atoms with van der Waals surface area (Å²) >= 11 is 0. The Bertz CT molecular complexity index is 1170. The number of fused-ring (bicyclic) bond motifs is 1. The van der Waals surface area contributed by atoms with E-state index in [1.165, 1.54) is 18.9 Å². The molecule has 0 spiro atoms. The van der Waals surface area contributed by atoms with Crippen LogP contribution in [-0.4, -0.2) is 40.0 Å². The Balaban J connectivity index is 1.51. The second-order valence-corrected chi connectivity index (χ2v) is 10.1. The van der Waals surface area contributed by atoms with Crippen molar-refractivity contribution in [3.8, 4) is 0 Å². The van der Waals surface area contributed by atoms with Gasteiger partial charge in [-0.2, -0.15) is 5.10 Å². The van der Waals surface area contributed by atoms with Gasteiger partial charge in [0.1, 0.15) is 12.4 Å². The molecule has 0 radical (unpaired) electrons. The van der Waals surface area contributed by atoms with Gasteiger partial charge in [-0.15, -0.1) is 0 Å². The SMILES string of the molecule is CC1=C(C(=O)OCCOC2CCCC2)C(c2ccccc2[N+](=O)[O-])c2c(C3CCCC3)nn(C)c2N1. The highest BCUT2D eigenvalue weighted by Gasteiger charge is 2.42. The summed E-state index contributed by atoms with van der Waals surface area (Å²) in [6, 6.07) is 6.67. The number of nitrogens with zero attached hydrogens (tertiary/aromatic N) is 3. The summed E-state index contributed by atoms with van der Waals surface area (Å²) in [5.41, 5.74) is 3.24. The molecule has 192 valence electrons. The Morgan fingerprint density at radius 1 is 1.14 bits per heavy atom. The van der Waals surface area contributed by atoms with Gasteiger partial charge in [-0.25, -0.2) is 4.79 Å². The topological polar surface area (TPSA) is 109 Å².